The summed E-state index contributed by atoms with van der Waals surface area (Å²) in [6.45, 7) is 7.13. The van der Waals surface area contributed by atoms with Gasteiger partial charge in [-0.05, 0) is 24.8 Å². The van der Waals surface area contributed by atoms with Crippen molar-refractivity contribution < 1.29 is 9.90 Å². The molecule has 8 heteroatoms. The third-order valence-electron chi connectivity index (χ3n) is 8.73. The number of aromatic nitrogens is 4. The molecule has 37 heavy (non-hydrogen) atoms. The van der Waals surface area contributed by atoms with Gasteiger partial charge in [0.15, 0.2) is 5.82 Å². The van der Waals surface area contributed by atoms with Gasteiger partial charge in [0.1, 0.15) is 0 Å². The fourth-order valence-corrected chi connectivity index (χ4v) is 6.22. The summed E-state index contributed by atoms with van der Waals surface area (Å²) in [4.78, 5) is 32.3. The van der Waals surface area contributed by atoms with Crippen molar-refractivity contribution in [3.8, 4) is 5.82 Å². The summed E-state index contributed by atoms with van der Waals surface area (Å²) in [5.74, 6) is 1.36. The molecule has 1 aliphatic carbocycles. The first-order valence-corrected chi connectivity index (χ1v) is 13.7. The van der Waals surface area contributed by atoms with E-state index in [-0.39, 0.29) is 23.9 Å². The molecule has 3 aromatic rings. The SMILES string of the molecule is CC(CC1CCCCC1)C(=O)N1CCC(O)(Cn2cc(-n3cc4ccccc4n3)ncc2=O)C(C)(C)C1. The summed E-state index contributed by atoms with van der Waals surface area (Å²) in [7, 11) is 0. The molecule has 0 spiro atoms. The summed E-state index contributed by atoms with van der Waals surface area (Å²) in [5, 5.41) is 17.4. The van der Waals surface area contributed by atoms with E-state index in [0.29, 0.717) is 31.2 Å². The first kappa shape index (κ1) is 25.6. The number of benzene rings is 1. The quantitative estimate of drug-likeness (QED) is 0.543. The van der Waals surface area contributed by atoms with Gasteiger partial charge in [-0.2, -0.15) is 5.10 Å². The molecule has 8 nitrogen and oxygen atoms in total. The van der Waals surface area contributed by atoms with Crippen LogP contribution in [-0.2, 0) is 11.3 Å². The summed E-state index contributed by atoms with van der Waals surface area (Å²) < 4.78 is 3.18. The number of aliphatic hydroxyl groups is 1. The Morgan fingerprint density at radius 2 is 1.92 bits per heavy atom. The predicted octanol–water partition coefficient (Wildman–Crippen LogP) is 4.18. The number of amides is 1. The van der Waals surface area contributed by atoms with E-state index in [4.69, 9.17) is 0 Å². The zero-order valence-electron chi connectivity index (χ0n) is 22.3. The Morgan fingerprint density at radius 1 is 1.16 bits per heavy atom. The van der Waals surface area contributed by atoms with E-state index in [9.17, 15) is 14.7 Å². The maximum Gasteiger partial charge on any atom is 0.269 e. The third kappa shape index (κ3) is 5.21. The highest BCUT2D eigenvalue weighted by molar-refractivity contribution is 5.79. The normalized spacial score (nSPS) is 23.3. The maximum absolute atomic E-state index is 13.3. The van der Waals surface area contributed by atoms with E-state index >= 15 is 0 Å². The van der Waals surface area contributed by atoms with Gasteiger partial charge >= 0.3 is 0 Å². The van der Waals surface area contributed by atoms with Crippen LogP contribution < -0.4 is 5.56 Å². The Kier molecular flexibility index (Phi) is 6.96. The fraction of sp³-hybridized carbons (Fsp3) is 0.586. The molecule has 0 bridgehead atoms. The number of nitrogens with zero attached hydrogens (tertiary/aromatic N) is 5. The highest BCUT2D eigenvalue weighted by Crippen LogP contribution is 2.40. The van der Waals surface area contributed by atoms with E-state index in [1.165, 1.54) is 42.9 Å². The zero-order valence-corrected chi connectivity index (χ0v) is 22.3. The van der Waals surface area contributed by atoms with E-state index < -0.39 is 11.0 Å². The van der Waals surface area contributed by atoms with Crippen LogP contribution in [0, 0.1) is 17.3 Å². The molecule has 0 radical (unpaired) electrons. The number of carbonyl (C=O) groups excluding carboxylic acids is 1. The lowest BCUT2D eigenvalue weighted by Crippen LogP contribution is -2.61. The molecule has 2 fully saturated rings. The van der Waals surface area contributed by atoms with Crippen molar-refractivity contribution in [1.29, 1.82) is 0 Å². The van der Waals surface area contributed by atoms with Gasteiger partial charge in [0.05, 0.1) is 30.1 Å². The van der Waals surface area contributed by atoms with Gasteiger partial charge in [-0.1, -0.05) is 71.1 Å². The van der Waals surface area contributed by atoms with Crippen molar-refractivity contribution in [2.24, 2.45) is 17.3 Å². The molecule has 2 unspecified atom stereocenters. The van der Waals surface area contributed by atoms with Crippen molar-refractivity contribution in [2.75, 3.05) is 13.1 Å². The van der Waals surface area contributed by atoms with Gasteiger partial charge in [-0.15, -0.1) is 0 Å². The van der Waals surface area contributed by atoms with Gasteiger partial charge in [0.25, 0.3) is 5.56 Å². The molecule has 5 rings (SSSR count). The van der Waals surface area contributed by atoms with Gasteiger partial charge in [0, 0.05) is 36.0 Å². The number of piperidine rings is 1. The molecule has 198 valence electrons. The van der Waals surface area contributed by atoms with Crippen LogP contribution in [0.3, 0.4) is 0 Å². The summed E-state index contributed by atoms with van der Waals surface area (Å²) in [6, 6.07) is 7.79. The Balaban J connectivity index is 1.30. The number of carbonyl (C=O) groups is 1. The van der Waals surface area contributed by atoms with Gasteiger partial charge in [-0.3, -0.25) is 9.59 Å². The Bertz CT molecular complexity index is 1290. The lowest BCUT2D eigenvalue weighted by Gasteiger charge is -2.51. The summed E-state index contributed by atoms with van der Waals surface area (Å²) in [5.41, 5.74) is -1.16. The molecule has 3 heterocycles. The van der Waals surface area contributed by atoms with Crippen LogP contribution in [0.2, 0.25) is 0 Å². The van der Waals surface area contributed by atoms with Crippen LogP contribution in [0.25, 0.3) is 16.7 Å². The van der Waals surface area contributed by atoms with Crippen molar-refractivity contribution >= 4 is 16.8 Å². The van der Waals surface area contributed by atoms with Crippen LogP contribution in [0.4, 0.5) is 0 Å². The monoisotopic (exact) mass is 505 g/mol. The topological polar surface area (TPSA) is 93.2 Å². The molecule has 1 saturated heterocycles. The second kappa shape index (κ2) is 10.0. The number of hydrogen-bond donors (Lipinski definition) is 1. The lowest BCUT2D eigenvalue weighted by atomic mass is 9.69. The summed E-state index contributed by atoms with van der Waals surface area (Å²) >= 11 is 0. The van der Waals surface area contributed by atoms with Crippen molar-refractivity contribution in [3.05, 3.63) is 53.2 Å². The Labute approximate surface area is 218 Å². The first-order chi connectivity index (χ1) is 17.6. The average Bonchev–Trinajstić information content (AvgIpc) is 3.32. The molecular formula is C29H39N5O3. The van der Waals surface area contributed by atoms with E-state index in [1.807, 2.05) is 49.2 Å². The van der Waals surface area contributed by atoms with Gasteiger partial charge in [-0.25, -0.2) is 9.67 Å². The fourth-order valence-electron chi connectivity index (χ4n) is 6.22. The molecule has 1 saturated carbocycles. The number of rotatable bonds is 6. The number of fused-ring (bicyclic) bond motifs is 1. The van der Waals surface area contributed by atoms with Crippen LogP contribution >= 0.6 is 0 Å². The standard InChI is InChI=1S/C29H39N5O3/c1-21(15-22-9-5-4-6-10-22)27(36)32-14-13-29(37,28(2,3)19-32)20-33-18-25(30-16-26(33)35)34-17-23-11-7-8-12-24(23)31-34/h7-8,11-12,16-18,21-22,37H,4-6,9-10,13-15,19-20H2,1-3H3. The van der Waals surface area contributed by atoms with Gasteiger partial charge < -0.3 is 14.6 Å². The van der Waals surface area contributed by atoms with E-state index in [0.717, 1.165) is 17.3 Å². The second-order valence-corrected chi connectivity index (χ2v) is 11.9. The first-order valence-electron chi connectivity index (χ1n) is 13.7. The third-order valence-corrected chi connectivity index (χ3v) is 8.73. The van der Waals surface area contributed by atoms with Crippen LogP contribution in [0.1, 0.15) is 65.7 Å². The molecule has 2 aliphatic rings. The molecule has 2 aromatic heterocycles. The average molecular weight is 506 g/mol. The highest BCUT2D eigenvalue weighted by atomic mass is 16.3. The van der Waals surface area contributed by atoms with Crippen LogP contribution in [-0.4, -0.2) is 53.9 Å². The van der Waals surface area contributed by atoms with E-state index in [2.05, 4.69) is 17.0 Å². The van der Waals surface area contributed by atoms with Crippen molar-refractivity contribution in [3.63, 3.8) is 0 Å². The van der Waals surface area contributed by atoms with E-state index in [1.54, 1.807) is 10.9 Å². The zero-order chi connectivity index (χ0) is 26.2. The predicted molar refractivity (Wildman–Crippen MR) is 143 cm³/mol. The smallest absolute Gasteiger partial charge is 0.269 e. The second-order valence-electron chi connectivity index (χ2n) is 11.9. The Morgan fingerprint density at radius 3 is 2.65 bits per heavy atom. The number of hydrogen-bond acceptors (Lipinski definition) is 5. The van der Waals surface area contributed by atoms with Crippen LogP contribution in [0.5, 0.6) is 0 Å². The van der Waals surface area contributed by atoms with Crippen LogP contribution in [0.15, 0.2) is 47.7 Å². The Hall–Kier alpha value is -3.00. The molecule has 1 aliphatic heterocycles. The molecule has 1 aromatic carbocycles. The van der Waals surface area contributed by atoms with Gasteiger partial charge in [0.2, 0.25) is 5.91 Å². The lowest BCUT2D eigenvalue weighted by molar-refractivity contribution is -0.157. The minimum Gasteiger partial charge on any atom is -0.387 e. The highest BCUT2D eigenvalue weighted by Gasteiger charge is 2.49. The largest absolute Gasteiger partial charge is 0.387 e. The maximum atomic E-state index is 13.3. The molecule has 2 atom stereocenters. The number of likely N-dealkylation sites (tertiary alicyclic amines) is 1. The molecule has 1 amide bonds. The van der Waals surface area contributed by atoms with Crippen molar-refractivity contribution in [1.82, 2.24) is 24.2 Å². The molecular weight excluding hydrogens is 466 g/mol. The summed E-state index contributed by atoms with van der Waals surface area (Å²) in [6.07, 6.45) is 12.5. The molecule has 1 N–H and O–H groups in total. The minimum atomic E-state index is -1.15. The minimum absolute atomic E-state index is 0.0000484. The van der Waals surface area contributed by atoms with Crippen molar-refractivity contribution in [2.45, 2.75) is 77.9 Å².